The van der Waals surface area contributed by atoms with Crippen molar-refractivity contribution in [2.45, 2.75) is 50.2 Å². The van der Waals surface area contributed by atoms with Gasteiger partial charge in [0.1, 0.15) is 6.61 Å². The van der Waals surface area contributed by atoms with Gasteiger partial charge in [0.05, 0.1) is 12.5 Å². The first-order valence-corrected chi connectivity index (χ1v) is 6.68. The molecular formula is C12H18F3N3O2. The molecule has 1 heterocycles. The maximum atomic E-state index is 11.9. The van der Waals surface area contributed by atoms with E-state index in [-0.39, 0.29) is 25.0 Å². The highest BCUT2D eigenvalue weighted by Gasteiger charge is 2.29. The van der Waals surface area contributed by atoms with E-state index >= 15 is 0 Å². The Kier molecular flexibility index (Phi) is 4.98. The van der Waals surface area contributed by atoms with Gasteiger partial charge < -0.3 is 15.0 Å². The molecule has 1 aliphatic carbocycles. The first kappa shape index (κ1) is 15.2. The van der Waals surface area contributed by atoms with Gasteiger partial charge in [0.25, 0.3) is 0 Å². The molecular weight excluding hydrogens is 275 g/mol. The van der Waals surface area contributed by atoms with Crippen molar-refractivity contribution in [3.05, 3.63) is 11.7 Å². The summed E-state index contributed by atoms with van der Waals surface area (Å²) in [5, 5.41) is 3.76. The van der Waals surface area contributed by atoms with Gasteiger partial charge in [-0.2, -0.15) is 18.2 Å². The van der Waals surface area contributed by atoms with Crippen LogP contribution in [0.1, 0.15) is 43.3 Å². The molecule has 0 spiro atoms. The Balaban J connectivity index is 1.80. The average molecular weight is 293 g/mol. The van der Waals surface area contributed by atoms with E-state index in [1.807, 2.05) is 0 Å². The number of nitrogens with two attached hydrogens (primary N) is 1. The Morgan fingerprint density at radius 3 is 2.75 bits per heavy atom. The lowest BCUT2D eigenvalue weighted by atomic mass is 9.85. The quantitative estimate of drug-likeness (QED) is 0.842. The molecule has 2 atom stereocenters. The lowest BCUT2D eigenvalue weighted by Gasteiger charge is -2.25. The van der Waals surface area contributed by atoms with E-state index in [2.05, 4.69) is 14.9 Å². The third-order valence-electron chi connectivity index (χ3n) is 3.36. The number of hydrogen-bond donors (Lipinski definition) is 1. The Morgan fingerprint density at radius 2 is 2.05 bits per heavy atom. The molecule has 0 radical (unpaired) electrons. The zero-order valence-corrected chi connectivity index (χ0v) is 11.0. The fraction of sp³-hybridized carbons (Fsp3) is 0.833. The van der Waals surface area contributed by atoms with Gasteiger partial charge in [0.2, 0.25) is 5.89 Å². The average Bonchev–Trinajstić information content (AvgIpc) is 2.83. The molecule has 114 valence electrons. The number of nitrogens with zero attached hydrogens (tertiary/aromatic N) is 2. The van der Waals surface area contributed by atoms with E-state index in [9.17, 15) is 13.2 Å². The first-order chi connectivity index (χ1) is 9.46. The molecule has 1 aliphatic rings. The van der Waals surface area contributed by atoms with Crippen LogP contribution < -0.4 is 5.73 Å². The summed E-state index contributed by atoms with van der Waals surface area (Å²) in [6.07, 6.45) is -0.0992. The summed E-state index contributed by atoms with van der Waals surface area (Å²) in [7, 11) is 0. The van der Waals surface area contributed by atoms with Crippen molar-refractivity contribution < 1.29 is 22.4 Å². The number of ether oxygens (including phenoxy) is 1. The summed E-state index contributed by atoms with van der Waals surface area (Å²) >= 11 is 0. The van der Waals surface area contributed by atoms with Crippen molar-refractivity contribution in [3.63, 3.8) is 0 Å². The number of halogens is 3. The van der Waals surface area contributed by atoms with Crippen molar-refractivity contribution in [1.29, 1.82) is 0 Å². The van der Waals surface area contributed by atoms with Gasteiger partial charge in [0, 0.05) is 12.5 Å². The van der Waals surface area contributed by atoms with Gasteiger partial charge in [0.15, 0.2) is 5.82 Å². The predicted molar refractivity (Wildman–Crippen MR) is 64.1 cm³/mol. The van der Waals surface area contributed by atoms with Crippen LogP contribution >= 0.6 is 0 Å². The fourth-order valence-electron chi connectivity index (χ4n) is 2.34. The molecule has 0 aliphatic heterocycles. The van der Waals surface area contributed by atoms with Crippen molar-refractivity contribution in [2.75, 3.05) is 13.2 Å². The van der Waals surface area contributed by atoms with Gasteiger partial charge in [-0.25, -0.2) is 0 Å². The number of aromatic nitrogens is 2. The summed E-state index contributed by atoms with van der Waals surface area (Å²) in [5.41, 5.74) is 6.01. The molecule has 1 aromatic heterocycles. The van der Waals surface area contributed by atoms with Gasteiger partial charge in [-0.05, 0) is 12.8 Å². The molecule has 1 saturated carbocycles. The molecule has 2 rings (SSSR count). The zero-order chi connectivity index (χ0) is 14.6. The second-order valence-electron chi connectivity index (χ2n) is 5.02. The summed E-state index contributed by atoms with van der Waals surface area (Å²) < 4.78 is 45.3. The van der Waals surface area contributed by atoms with E-state index in [1.165, 1.54) is 0 Å². The minimum absolute atomic E-state index is 0.0125. The Labute approximate surface area is 114 Å². The van der Waals surface area contributed by atoms with E-state index < -0.39 is 12.8 Å². The van der Waals surface area contributed by atoms with Gasteiger partial charge >= 0.3 is 6.18 Å². The van der Waals surface area contributed by atoms with Crippen molar-refractivity contribution >= 4 is 0 Å². The normalized spacial score (nSPS) is 24.0. The van der Waals surface area contributed by atoms with Crippen molar-refractivity contribution in [2.24, 2.45) is 5.73 Å². The van der Waals surface area contributed by atoms with Crippen LogP contribution in [0.5, 0.6) is 0 Å². The number of hydrogen-bond acceptors (Lipinski definition) is 5. The molecule has 2 N–H and O–H groups in total. The monoisotopic (exact) mass is 293 g/mol. The maximum absolute atomic E-state index is 11.9. The smallest absolute Gasteiger partial charge is 0.372 e. The highest BCUT2D eigenvalue weighted by Crippen LogP contribution is 2.30. The van der Waals surface area contributed by atoms with Crippen LogP contribution in [-0.2, 0) is 11.2 Å². The Morgan fingerprint density at radius 1 is 1.30 bits per heavy atom. The second-order valence-corrected chi connectivity index (χ2v) is 5.02. The molecule has 8 heteroatoms. The van der Waals surface area contributed by atoms with Crippen LogP contribution in [-0.4, -0.2) is 35.6 Å². The predicted octanol–water partition coefficient (Wildman–Crippen LogP) is 2.18. The van der Waals surface area contributed by atoms with Crippen LogP contribution in [0.15, 0.2) is 4.52 Å². The molecule has 0 saturated heterocycles. The van der Waals surface area contributed by atoms with E-state index in [1.54, 1.807) is 0 Å². The summed E-state index contributed by atoms with van der Waals surface area (Å²) in [6, 6.07) is 0.0125. The molecule has 0 amide bonds. The van der Waals surface area contributed by atoms with Crippen LogP contribution in [0.4, 0.5) is 13.2 Å². The molecule has 0 bridgehead atoms. The largest absolute Gasteiger partial charge is 0.411 e. The lowest BCUT2D eigenvalue weighted by Crippen LogP contribution is -2.31. The molecule has 5 nitrogen and oxygen atoms in total. The van der Waals surface area contributed by atoms with Crippen LogP contribution in [0, 0.1) is 0 Å². The van der Waals surface area contributed by atoms with Crippen LogP contribution in [0.25, 0.3) is 0 Å². The molecule has 1 aromatic rings. The van der Waals surface area contributed by atoms with Crippen molar-refractivity contribution in [3.8, 4) is 0 Å². The van der Waals surface area contributed by atoms with E-state index in [4.69, 9.17) is 10.3 Å². The topological polar surface area (TPSA) is 74.2 Å². The minimum atomic E-state index is -4.31. The highest BCUT2D eigenvalue weighted by atomic mass is 19.4. The minimum Gasteiger partial charge on any atom is -0.372 e. The molecule has 20 heavy (non-hydrogen) atoms. The molecule has 1 fully saturated rings. The summed E-state index contributed by atoms with van der Waals surface area (Å²) in [4.78, 5) is 4.20. The maximum Gasteiger partial charge on any atom is 0.411 e. The van der Waals surface area contributed by atoms with E-state index in [0.717, 1.165) is 25.7 Å². The van der Waals surface area contributed by atoms with Crippen LogP contribution in [0.2, 0.25) is 0 Å². The van der Waals surface area contributed by atoms with Gasteiger partial charge in [-0.15, -0.1) is 0 Å². The lowest BCUT2D eigenvalue weighted by molar-refractivity contribution is -0.173. The SMILES string of the molecule is NC1CCCCC1c1nc(CCOCC(F)(F)F)no1. The Hall–Kier alpha value is -1.15. The van der Waals surface area contributed by atoms with Crippen molar-refractivity contribution in [1.82, 2.24) is 10.1 Å². The standard InChI is InChI=1S/C12H18F3N3O2/c13-12(14,15)7-19-6-5-10-17-11(20-18-10)8-3-1-2-4-9(8)16/h8-9H,1-7,16H2. The molecule has 0 aromatic carbocycles. The van der Waals surface area contributed by atoms with E-state index in [0.29, 0.717) is 11.7 Å². The third kappa shape index (κ3) is 4.45. The zero-order valence-electron chi connectivity index (χ0n) is 11.0. The van der Waals surface area contributed by atoms with Gasteiger partial charge in [-0.1, -0.05) is 18.0 Å². The third-order valence-corrected chi connectivity index (χ3v) is 3.36. The molecule has 2 unspecified atom stereocenters. The highest BCUT2D eigenvalue weighted by molar-refractivity contribution is 5.00. The Bertz CT molecular complexity index is 422. The van der Waals surface area contributed by atoms with Crippen LogP contribution in [0.3, 0.4) is 0 Å². The van der Waals surface area contributed by atoms with Gasteiger partial charge in [-0.3, -0.25) is 0 Å². The summed E-state index contributed by atoms with van der Waals surface area (Å²) in [6.45, 7) is -1.35. The second kappa shape index (κ2) is 6.53. The fourth-order valence-corrected chi connectivity index (χ4v) is 2.34. The number of alkyl halides is 3. The summed E-state index contributed by atoms with van der Waals surface area (Å²) in [5.74, 6) is 0.907. The number of rotatable bonds is 5. The first-order valence-electron chi connectivity index (χ1n) is 6.68.